The van der Waals surface area contributed by atoms with E-state index in [9.17, 15) is 16.8 Å². The first-order valence-corrected chi connectivity index (χ1v) is 7.83. The van der Waals surface area contributed by atoms with Crippen molar-refractivity contribution in [3.05, 3.63) is 12.7 Å². The molecule has 0 heterocycles. The molecule has 104 valence electrons. The fraction of sp³-hybridized carbons (Fsp3) is 0.750. The summed E-state index contributed by atoms with van der Waals surface area (Å²) in [5.41, 5.74) is 0. The van der Waals surface area contributed by atoms with E-state index in [0.717, 1.165) is 0 Å². The number of quaternary nitrogens is 1. The first-order valence-electron chi connectivity index (χ1n) is 4.72. The average molecular weight is 312 g/mol. The molecule has 2 N–H and O–H groups in total. The molecule has 7 nitrogen and oxygen atoms in total. The molecular weight excluding hydrogens is 293 g/mol. The maximum absolute atomic E-state index is 11.0. The summed E-state index contributed by atoms with van der Waals surface area (Å²) < 4.78 is 61.1. The summed E-state index contributed by atoms with van der Waals surface area (Å²) in [7, 11) is -5.69. The largest absolute Gasteiger partial charge is 1.00 e. The molecule has 0 rings (SSSR count). The van der Waals surface area contributed by atoms with Crippen LogP contribution in [0.5, 0.6) is 0 Å². The van der Waals surface area contributed by atoms with E-state index in [1.54, 1.807) is 20.2 Å². The number of hydrogen-bond acceptors (Lipinski definition) is 4. The van der Waals surface area contributed by atoms with Crippen LogP contribution in [0.3, 0.4) is 0 Å². The third kappa shape index (κ3) is 9.45. The second kappa shape index (κ2) is 7.34. The van der Waals surface area contributed by atoms with Crippen molar-refractivity contribution in [3.63, 3.8) is 0 Å². The van der Waals surface area contributed by atoms with Gasteiger partial charge in [0.25, 0.3) is 20.2 Å². The smallest absolute Gasteiger partial charge is 1.00 e. The molecule has 0 saturated heterocycles. The summed E-state index contributed by atoms with van der Waals surface area (Å²) in [6, 6.07) is 0. The molecule has 1 unspecified atom stereocenters. The van der Waals surface area contributed by atoms with Gasteiger partial charge in [-0.25, -0.2) is 0 Å². The van der Waals surface area contributed by atoms with Crippen molar-refractivity contribution in [2.24, 2.45) is 0 Å². The van der Waals surface area contributed by atoms with Crippen molar-refractivity contribution in [3.8, 4) is 0 Å². The molecule has 0 aliphatic carbocycles. The van der Waals surface area contributed by atoms with Gasteiger partial charge in [-0.3, -0.25) is 9.11 Å². The van der Waals surface area contributed by atoms with E-state index in [2.05, 4.69) is 6.58 Å². The Bertz CT molecular complexity index is 475. The minimum absolute atomic E-state index is 0. The minimum atomic E-state index is -4.54. The third-order valence-electron chi connectivity index (χ3n) is 2.14. The summed E-state index contributed by atoms with van der Waals surface area (Å²) in [5, 5.41) is -1.56. The van der Waals surface area contributed by atoms with Gasteiger partial charge in [0.1, 0.15) is 5.75 Å². The Morgan fingerprint density at radius 2 is 1.72 bits per heavy atom. The molecule has 0 aromatic carbocycles. The van der Waals surface area contributed by atoms with Crippen molar-refractivity contribution in [2.75, 3.05) is 32.9 Å². The number of rotatable bonds is 7. The average Bonchev–Trinajstić information content (AvgIpc) is 1.97. The fourth-order valence-electron chi connectivity index (χ4n) is 1.44. The minimum Gasteiger partial charge on any atom is -1.00 e. The molecule has 0 aromatic heterocycles. The molecule has 0 aliphatic heterocycles. The van der Waals surface area contributed by atoms with Gasteiger partial charge in [-0.1, -0.05) is 6.58 Å². The molecule has 0 fully saturated rings. The van der Waals surface area contributed by atoms with Crippen LogP contribution in [0, 0.1) is 0 Å². The number of nitrogens with zero attached hydrogens (tertiary/aromatic N) is 1. The molecule has 0 aromatic rings. The normalized spacial score (nSPS) is 14.7. The van der Waals surface area contributed by atoms with Crippen molar-refractivity contribution < 1.29 is 61.4 Å². The van der Waals surface area contributed by atoms with Crippen molar-refractivity contribution in [1.82, 2.24) is 0 Å². The van der Waals surface area contributed by atoms with E-state index in [-0.39, 0.29) is 42.0 Å². The summed E-state index contributed by atoms with van der Waals surface area (Å²) in [5.74, 6) is -1.02. The second-order valence-electron chi connectivity index (χ2n) is 4.48. The fourth-order valence-corrected chi connectivity index (χ4v) is 3.81. The van der Waals surface area contributed by atoms with E-state index >= 15 is 0 Å². The van der Waals surface area contributed by atoms with Gasteiger partial charge >= 0.3 is 29.6 Å². The molecular formula is C8H19NNaO6S2+. The zero-order valence-corrected chi connectivity index (χ0v) is 14.4. The van der Waals surface area contributed by atoms with Crippen LogP contribution in [0.25, 0.3) is 0 Å². The number of likely N-dealkylation sites (N-methyl/N-ethyl adjacent to an activating group) is 1. The standard InChI is InChI=1S/C8H17NO6S2.Na.H/c1-4-5-9(2,3)6-8(17(13,14)15)7-16(10,11)12;;/h4,8H,1,5-7H2,2-3H3,(H-,10,11,12,13,14,15);;/q;+1;-1/p+1. The molecule has 18 heavy (non-hydrogen) atoms. The summed E-state index contributed by atoms with van der Waals surface area (Å²) in [6.07, 6.45) is 1.55. The Morgan fingerprint density at radius 3 is 2.00 bits per heavy atom. The quantitative estimate of drug-likeness (QED) is 0.219. The van der Waals surface area contributed by atoms with Gasteiger partial charge < -0.3 is 5.91 Å². The van der Waals surface area contributed by atoms with Gasteiger partial charge in [-0.2, -0.15) is 16.8 Å². The van der Waals surface area contributed by atoms with Gasteiger partial charge in [-0.05, 0) is 6.08 Å². The molecule has 0 spiro atoms. The first-order chi connectivity index (χ1) is 7.37. The predicted molar refractivity (Wildman–Crippen MR) is 64.9 cm³/mol. The van der Waals surface area contributed by atoms with Crippen LogP contribution in [0.15, 0.2) is 12.7 Å². The van der Waals surface area contributed by atoms with Crippen LogP contribution < -0.4 is 29.6 Å². The predicted octanol–water partition coefficient (Wildman–Crippen LogP) is -3.49. The summed E-state index contributed by atoms with van der Waals surface area (Å²) in [6.45, 7) is 3.75. The van der Waals surface area contributed by atoms with Gasteiger partial charge in [0.2, 0.25) is 0 Å². The molecule has 0 bridgehead atoms. The van der Waals surface area contributed by atoms with Crippen LogP contribution in [-0.4, -0.2) is 68.6 Å². The zero-order chi connectivity index (χ0) is 13.9. The van der Waals surface area contributed by atoms with Crippen molar-refractivity contribution in [2.45, 2.75) is 5.25 Å². The van der Waals surface area contributed by atoms with Gasteiger partial charge in [-0.15, -0.1) is 0 Å². The van der Waals surface area contributed by atoms with E-state index in [1.807, 2.05) is 0 Å². The zero-order valence-electron chi connectivity index (χ0n) is 11.8. The Balaban J connectivity index is -0.00000128. The SMILES string of the molecule is C=CC[N+](C)(C)CC(CS(=O)(=O)O)S(=O)(=O)O.[H-].[Na+]. The number of hydrogen-bond donors (Lipinski definition) is 2. The molecule has 0 saturated carbocycles. The Hall–Kier alpha value is 0.520. The Labute approximate surface area is 132 Å². The van der Waals surface area contributed by atoms with E-state index in [0.29, 0.717) is 6.54 Å². The molecule has 1 atom stereocenters. The topological polar surface area (TPSA) is 109 Å². The van der Waals surface area contributed by atoms with E-state index in [1.165, 1.54) is 0 Å². The Kier molecular flexibility index (Phi) is 8.50. The van der Waals surface area contributed by atoms with Gasteiger partial charge in [0, 0.05) is 0 Å². The van der Waals surface area contributed by atoms with Gasteiger partial charge in [0.15, 0.2) is 5.25 Å². The van der Waals surface area contributed by atoms with Crippen LogP contribution in [0.2, 0.25) is 0 Å². The van der Waals surface area contributed by atoms with Crippen LogP contribution >= 0.6 is 0 Å². The Morgan fingerprint density at radius 1 is 1.28 bits per heavy atom. The monoisotopic (exact) mass is 312 g/mol. The van der Waals surface area contributed by atoms with E-state index in [4.69, 9.17) is 9.11 Å². The second-order valence-corrected chi connectivity index (χ2v) is 7.67. The first kappa shape index (κ1) is 20.8. The van der Waals surface area contributed by atoms with Crippen LogP contribution in [-0.2, 0) is 20.2 Å². The summed E-state index contributed by atoms with van der Waals surface area (Å²) in [4.78, 5) is 0. The van der Waals surface area contributed by atoms with E-state index < -0.39 is 31.2 Å². The molecule has 0 aliphatic rings. The third-order valence-corrected chi connectivity index (χ3v) is 4.33. The van der Waals surface area contributed by atoms with Crippen LogP contribution in [0.4, 0.5) is 0 Å². The maximum atomic E-state index is 11.0. The molecule has 0 radical (unpaired) electrons. The molecule has 10 heteroatoms. The van der Waals surface area contributed by atoms with Crippen molar-refractivity contribution in [1.29, 1.82) is 0 Å². The van der Waals surface area contributed by atoms with Crippen LogP contribution in [0.1, 0.15) is 1.43 Å². The van der Waals surface area contributed by atoms with Crippen molar-refractivity contribution >= 4 is 20.2 Å². The molecule has 0 amide bonds. The maximum Gasteiger partial charge on any atom is 1.00 e. The van der Waals surface area contributed by atoms with Gasteiger partial charge in [0.05, 0.1) is 27.2 Å². The summed E-state index contributed by atoms with van der Waals surface area (Å²) >= 11 is 0.